The van der Waals surface area contributed by atoms with E-state index in [0.29, 0.717) is 23.8 Å². The summed E-state index contributed by atoms with van der Waals surface area (Å²) < 4.78 is 13.6. The van der Waals surface area contributed by atoms with Crippen LogP contribution < -0.4 is 20.9 Å². The minimum atomic E-state index is -0.625. The number of hydrogen-bond donors (Lipinski definition) is 1. The van der Waals surface area contributed by atoms with Gasteiger partial charge in [0.15, 0.2) is 11.2 Å². The van der Waals surface area contributed by atoms with Gasteiger partial charge in [0, 0.05) is 38.3 Å². The molecule has 0 bridgehead atoms. The number of carbonyl (C=O) groups excluding carboxylic acids is 2. The first-order valence-electron chi connectivity index (χ1n) is 11.1. The number of aryl methyl sites for hydroxylation is 2. The Morgan fingerprint density at radius 3 is 2.79 bits per heavy atom. The molecule has 1 unspecified atom stereocenters. The van der Waals surface area contributed by atoms with Crippen LogP contribution in [0.15, 0.2) is 33.9 Å². The van der Waals surface area contributed by atoms with E-state index in [0.717, 1.165) is 12.8 Å². The SMILES string of the molecule is CCCCn1c(=O)[nH]c(=O)c2c1nc(COC(=O)C1CC(=O)N(c3cccc(OC)c3)C1)n2C. The minimum absolute atomic E-state index is 0.0365. The molecule has 0 aliphatic carbocycles. The molecule has 1 N–H and O–H groups in total. The highest BCUT2D eigenvalue weighted by Crippen LogP contribution is 2.28. The molecule has 4 rings (SSSR count). The molecule has 3 heterocycles. The van der Waals surface area contributed by atoms with E-state index in [2.05, 4.69) is 9.97 Å². The molecule has 1 amide bonds. The number of carbonyl (C=O) groups is 2. The van der Waals surface area contributed by atoms with Crippen LogP contribution in [-0.4, -0.2) is 44.6 Å². The van der Waals surface area contributed by atoms with Crippen molar-refractivity contribution in [2.75, 3.05) is 18.6 Å². The second-order valence-corrected chi connectivity index (χ2v) is 8.24. The topological polar surface area (TPSA) is 129 Å². The predicted molar refractivity (Wildman–Crippen MR) is 124 cm³/mol. The number of nitrogens with one attached hydrogen (secondary N) is 1. The van der Waals surface area contributed by atoms with Crippen molar-refractivity contribution in [3.63, 3.8) is 0 Å². The number of anilines is 1. The van der Waals surface area contributed by atoms with Gasteiger partial charge >= 0.3 is 11.7 Å². The molecule has 11 nitrogen and oxygen atoms in total. The Hall–Kier alpha value is -3.89. The summed E-state index contributed by atoms with van der Waals surface area (Å²) >= 11 is 0. The summed E-state index contributed by atoms with van der Waals surface area (Å²) in [5, 5.41) is 0. The maximum absolute atomic E-state index is 12.7. The van der Waals surface area contributed by atoms with E-state index in [1.54, 1.807) is 38.4 Å². The van der Waals surface area contributed by atoms with Crippen molar-refractivity contribution < 1.29 is 19.1 Å². The number of unbranched alkanes of at least 4 members (excludes halogenated alkanes) is 1. The number of H-pyrrole nitrogens is 1. The van der Waals surface area contributed by atoms with Crippen molar-refractivity contribution in [1.29, 1.82) is 0 Å². The first kappa shape index (κ1) is 23.3. The standard InChI is InChI=1S/C23H27N5O6/c1-4-5-9-27-20-19(21(30)25-23(27)32)26(2)17(24-20)13-34-22(31)14-10-18(29)28(12-14)15-7-6-8-16(11-15)33-3/h6-8,11,14H,4-5,9-10,12-13H2,1-3H3,(H,25,30,32). The molecule has 0 radical (unpaired) electrons. The van der Waals surface area contributed by atoms with E-state index >= 15 is 0 Å². The number of imidazole rings is 1. The van der Waals surface area contributed by atoms with Crippen molar-refractivity contribution in [1.82, 2.24) is 19.1 Å². The van der Waals surface area contributed by atoms with Gasteiger partial charge in [-0.05, 0) is 18.6 Å². The second-order valence-electron chi connectivity index (χ2n) is 8.24. The van der Waals surface area contributed by atoms with Crippen molar-refractivity contribution in [2.45, 2.75) is 39.3 Å². The molecule has 0 saturated carbocycles. The first-order valence-corrected chi connectivity index (χ1v) is 11.1. The highest BCUT2D eigenvalue weighted by atomic mass is 16.5. The fraction of sp³-hybridized carbons (Fsp3) is 0.435. The molecular formula is C23H27N5O6. The van der Waals surface area contributed by atoms with Gasteiger partial charge in [0.2, 0.25) is 5.91 Å². The van der Waals surface area contributed by atoms with E-state index < -0.39 is 23.1 Å². The zero-order chi connectivity index (χ0) is 24.4. The van der Waals surface area contributed by atoms with Crippen LogP contribution in [0.3, 0.4) is 0 Å². The highest BCUT2D eigenvalue weighted by molar-refractivity contribution is 5.99. The molecule has 1 aliphatic rings. The number of amides is 1. The molecule has 1 aromatic carbocycles. The lowest BCUT2D eigenvalue weighted by Gasteiger charge is -2.17. The van der Waals surface area contributed by atoms with Crippen molar-refractivity contribution in [3.8, 4) is 5.75 Å². The summed E-state index contributed by atoms with van der Waals surface area (Å²) in [6, 6.07) is 7.07. The van der Waals surface area contributed by atoms with Gasteiger partial charge in [0.05, 0.1) is 13.0 Å². The number of methoxy groups -OCH3 is 1. The van der Waals surface area contributed by atoms with Crippen LogP contribution in [0.4, 0.5) is 5.69 Å². The van der Waals surface area contributed by atoms with Gasteiger partial charge in [-0.15, -0.1) is 0 Å². The number of fused-ring (bicyclic) bond motifs is 1. The first-order chi connectivity index (χ1) is 16.3. The molecular weight excluding hydrogens is 442 g/mol. The lowest BCUT2D eigenvalue weighted by Crippen LogP contribution is -2.31. The number of esters is 1. The normalized spacial score (nSPS) is 15.8. The summed E-state index contributed by atoms with van der Waals surface area (Å²) in [7, 11) is 3.18. The number of nitrogens with zero attached hydrogens (tertiary/aromatic N) is 4. The van der Waals surface area contributed by atoms with Crippen LogP contribution in [0.5, 0.6) is 5.75 Å². The lowest BCUT2D eigenvalue weighted by molar-refractivity contribution is -0.150. The summed E-state index contributed by atoms with van der Waals surface area (Å²) in [5.41, 5.74) is 0.0857. The Bertz CT molecular complexity index is 1350. The third-order valence-electron chi connectivity index (χ3n) is 6.01. The van der Waals surface area contributed by atoms with E-state index in [1.807, 2.05) is 6.92 Å². The van der Waals surface area contributed by atoms with Gasteiger partial charge in [0.1, 0.15) is 18.2 Å². The summed E-state index contributed by atoms with van der Waals surface area (Å²) in [4.78, 5) is 58.2. The van der Waals surface area contributed by atoms with Crippen LogP contribution in [-0.2, 0) is 34.5 Å². The molecule has 2 aromatic heterocycles. The molecule has 1 saturated heterocycles. The number of ether oxygens (including phenoxy) is 2. The van der Waals surface area contributed by atoms with E-state index in [9.17, 15) is 19.2 Å². The van der Waals surface area contributed by atoms with Crippen LogP contribution in [0, 0.1) is 5.92 Å². The van der Waals surface area contributed by atoms with Crippen LogP contribution in [0.2, 0.25) is 0 Å². The number of aromatic amines is 1. The molecule has 180 valence electrons. The zero-order valence-electron chi connectivity index (χ0n) is 19.4. The molecule has 3 aromatic rings. The molecule has 34 heavy (non-hydrogen) atoms. The third-order valence-corrected chi connectivity index (χ3v) is 6.01. The molecule has 1 aliphatic heterocycles. The lowest BCUT2D eigenvalue weighted by atomic mass is 10.1. The summed E-state index contributed by atoms with van der Waals surface area (Å²) in [6.45, 7) is 2.43. The maximum Gasteiger partial charge on any atom is 0.330 e. The smallest absolute Gasteiger partial charge is 0.330 e. The average molecular weight is 469 g/mol. The molecule has 11 heteroatoms. The van der Waals surface area contributed by atoms with Gasteiger partial charge in [-0.1, -0.05) is 19.4 Å². The zero-order valence-corrected chi connectivity index (χ0v) is 19.4. The van der Waals surface area contributed by atoms with E-state index in [-0.39, 0.29) is 36.6 Å². The molecule has 0 spiro atoms. The van der Waals surface area contributed by atoms with Gasteiger partial charge in [-0.2, -0.15) is 0 Å². The minimum Gasteiger partial charge on any atom is -0.497 e. The van der Waals surface area contributed by atoms with E-state index in [4.69, 9.17) is 9.47 Å². The molecule has 1 fully saturated rings. The van der Waals surface area contributed by atoms with E-state index in [1.165, 1.54) is 14.0 Å². The van der Waals surface area contributed by atoms with Gasteiger partial charge < -0.3 is 18.9 Å². The Balaban J connectivity index is 1.50. The number of benzene rings is 1. The Morgan fingerprint density at radius 1 is 1.26 bits per heavy atom. The predicted octanol–water partition coefficient (Wildman–Crippen LogP) is 1.33. The maximum atomic E-state index is 12.7. The van der Waals surface area contributed by atoms with Crippen LogP contribution in [0.25, 0.3) is 11.2 Å². The quantitative estimate of drug-likeness (QED) is 0.493. The number of hydrogen-bond acceptors (Lipinski definition) is 7. The molecule has 1 atom stereocenters. The van der Waals surface area contributed by atoms with Crippen LogP contribution >= 0.6 is 0 Å². The number of rotatable bonds is 8. The Labute approximate surface area is 194 Å². The fourth-order valence-corrected chi connectivity index (χ4v) is 4.09. The van der Waals surface area contributed by atoms with Crippen molar-refractivity contribution in [2.24, 2.45) is 13.0 Å². The Morgan fingerprint density at radius 2 is 2.06 bits per heavy atom. The highest BCUT2D eigenvalue weighted by Gasteiger charge is 2.36. The monoisotopic (exact) mass is 469 g/mol. The third kappa shape index (κ3) is 4.33. The largest absolute Gasteiger partial charge is 0.497 e. The van der Waals surface area contributed by atoms with Gasteiger partial charge in [-0.25, -0.2) is 9.78 Å². The van der Waals surface area contributed by atoms with Gasteiger partial charge in [0.25, 0.3) is 5.56 Å². The van der Waals surface area contributed by atoms with Gasteiger partial charge in [-0.3, -0.25) is 23.9 Å². The summed E-state index contributed by atoms with van der Waals surface area (Å²) in [6.07, 6.45) is 1.66. The van der Waals surface area contributed by atoms with Crippen molar-refractivity contribution in [3.05, 3.63) is 50.9 Å². The van der Waals surface area contributed by atoms with Crippen LogP contribution in [0.1, 0.15) is 32.0 Å². The summed E-state index contributed by atoms with van der Waals surface area (Å²) in [5.74, 6) is -0.378. The van der Waals surface area contributed by atoms with Crippen molar-refractivity contribution >= 4 is 28.7 Å². The average Bonchev–Trinajstić information content (AvgIpc) is 3.37. The fourth-order valence-electron chi connectivity index (χ4n) is 4.09. The number of aromatic nitrogens is 4. The second kappa shape index (κ2) is 9.54. The Kier molecular flexibility index (Phi) is 6.53.